The Morgan fingerprint density at radius 3 is 2.24 bits per heavy atom. The van der Waals surface area contributed by atoms with Crippen molar-refractivity contribution in [1.82, 2.24) is 4.90 Å². The molecule has 0 heterocycles. The van der Waals surface area contributed by atoms with Gasteiger partial charge in [-0.25, -0.2) is 0 Å². The molecule has 0 bridgehead atoms. The largest absolute Gasteiger partial charge is 0.469 e. The smallest absolute Gasteiger partial charge is 0.308 e. The molecule has 5 heteroatoms. The van der Waals surface area contributed by atoms with Gasteiger partial charge in [-0.3, -0.25) is 9.59 Å². The molecule has 1 amide bonds. The van der Waals surface area contributed by atoms with Crippen molar-refractivity contribution in [2.75, 3.05) is 27.8 Å². The minimum atomic E-state index is -0.132. The van der Waals surface area contributed by atoms with Crippen molar-refractivity contribution in [3.8, 4) is 0 Å². The zero-order valence-corrected chi connectivity index (χ0v) is 10.8. The van der Waals surface area contributed by atoms with Gasteiger partial charge in [0.25, 0.3) is 0 Å². The first-order chi connectivity index (χ1) is 8.04. The molecule has 1 aliphatic rings. The van der Waals surface area contributed by atoms with Crippen LogP contribution in [-0.4, -0.2) is 50.7 Å². The van der Waals surface area contributed by atoms with E-state index in [1.807, 2.05) is 0 Å². The van der Waals surface area contributed by atoms with Crippen LogP contribution in [0.25, 0.3) is 0 Å². The summed E-state index contributed by atoms with van der Waals surface area (Å²) >= 11 is 0. The SMILES string of the molecule is COC(=O)C1CCC(OCC(=O)N(C)C)CC1. The number of nitrogens with zero attached hydrogens (tertiary/aromatic N) is 1. The molecule has 0 aromatic carbocycles. The molecule has 5 nitrogen and oxygen atoms in total. The number of rotatable bonds is 4. The molecule has 0 aromatic heterocycles. The minimum Gasteiger partial charge on any atom is -0.469 e. The lowest BCUT2D eigenvalue weighted by Crippen LogP contribution is -2.31. The first-order valence-electron chi connectivity index (χ1n) is 5.94. The normalized spacial score (nSPS) is 24.2. The first kappa shape index (κ1) is 14.0. The summed E-state index contributed by atoms with van der Waals surface area (Å²) < 4.78 is 10.2. The molecular formula is C12H21NO4. The van der Waals surface area contributed by atoms with E-state index in [4.69, 9.17) is 9.47 Å². The number of carbonyl (C=O) groups excluding carboxylic acids is 2. The molecule has 1 aliphatic carbocycles. The van der Waals surface area contributed by atoms with Crippen LogP contribution < -0.4 is 0 Å². The quantitative estimate of drug-likeness (QED) is 0.686. The van der Waals surface area contributed by atoms with Gasteiger partial charge in [-0.05, 0) is 25.7 Å². The maximum absolute atomic E-state index is 11.3. The van der Waals surface area contributed by atoms with Crippen molar-refractivity contribution < 1.29 is 19.1 Å². The van der Waals surface area contributed by atoms with E-state index in [-0.39, 0.29) is 30.5 Å². The highest BCUT2D eigenvalue weighted by Gasteiger charge is 2.27. The Labute approximate surface area is 102 Å². The molecule has 98 valence electrons. The molecular weight excluding hydrogens is 222 g/mol. The molecule has 0 saturated heterocycles. The minimum absolute atomic E-state index is 0.00407. The molecule has 0 N–H and O–H groups in total. The van der Waals surface area contributed by atoms with Gasteiger partial charge in [0, 0.05) is 14.1 Å². The lowest BCUT2D eigenvalue weighted by Gasteiger charge is -2.27. The average molecular weight is 243 g/mol. The highest BCUT2D eigenvalue weighted by molar-refractivity contribution is 5.76. The van der Waals surface area contributed by atoms with Gasteiger partial charge < -0.3 is 14.4 Å². The predicted molar refractivity (Wildman–Crippen MR) is 62.4 cm³/mol. The zero-order valence-electron chi connectivity index (χ0n) is 10.8. The number of hydrogen-bond donors (Lipinski definition) is 0. The summed E-state index contributed by atoms with van der Waals surface area (Å²) in [6.07, 6.45) is 3.31. The summed E-state index contributed by atoms with van der Waals surface area (Å²) in [5, 5.41) is 0. The van der Waals surface area contributed by atoms with Gasteiger partial charge in [-0.2, -0.15) is 0 Å². The number of esters is 1. The van der Waals surface area contributed by atoms with E-state index in [9.17, 15) is 9.59 Å². The van der Waals surface area contributed by atoms with E-state index in [1.54, 1.807) is 14.1 Å². The second kappa shape index (κ2) is 6.59. The Morgan fingerprint density at radius 2 is 1.76 bits per heavy atom. The van der Waals surface area contributed by atoms with E-state index < -0.39 is 0 Å². The first-order valence-corrected chi connectivity index (χ1v) is 5.94. The molecule has 0 radical (unpaired) electrons. The van der Waals surface area contributed by atoms with Crippen molar-refractivity contribution in [2.24, 2.45) is 5.92 Å². The average Bonchev–Trinajstić information content (AvgIpc) is 2.35. The number of methoxy groups -OCH3 is 1. The van der Waals surface area contributed by atoms with Gasteiger partial charge in [0.1, 0.15) is 6.61 Å². The van der Waals surface area contributed by atoms with Gasteiger partial charge in [-0.1, -0.05) is 0 Å². The molecule has 0 unspecified atom stereocenters. The van der Waals surface area contributed by atoms with Crippen molar-refractivity contribution in [3.05, 3.63) is 0 Å². The Balaban J connectivity index is 2.23. The highest BCUT2D eigenvalue weighted by Crippen LogP contribution is 2.26. The Hall–Kier alpha value is -1.10. The van der Waals surface area contributed by atoms with E-state index in [2.05, 4.69) is 0 Å². The Bertz CT molecular complexity index is 270. The van der Waals surface area contributed by atoms with Gasteiger partial charge in [0.15, 0.2) is 0 Å². The monoisotopic (exact) mass is 243 g/mol. The van der Waals surface area contributed by atoms with Crippen molar-refractivity contribution in [2.45, 2.75) is 31.8 Å². The number of likely N-dealkylation sites (N-methyl/N-ethyl adjacent to an activating group) is 1. The Kier molecular flexibility index (Phi) is 5.41. The van der Waals surface area contributed by atoms with Crippen molar-refractivity contribution in [1.29, 1.82) is 0 Å². The summed E-state index contributed by atoms with van der Waals surface area (Å²) in [6.45, 7) is 0.126. The summed E-state index contributed by atoms with van der Waals surface area (Å²) in [4.78, 5) is 24.2. The molecule has 0 aromatic rings. The molecule has 1 rings (SSSR count). The molecule has 1 saturated carbocycles. The summed E-state index contributed by atoms with van der Waals surface area (Å²) in [5.74, 6) is -0.155. The van der Waals surface area contributed by atoms with Crippen LogP contribution in [0.2, 0.25) is 0 Å². The van der Waals surface area contributed by atoms with Crippen LogP contribution in [0, 0.1) is 5.92 Å². The van der Waals surface area contributed by atoms with E-state index in [0.717, 1.165) is 25.7 Å². The number of hydrogen-bond acceptors (Lipinski definition) is 4. The fourth-order valence-electron chi connectivity index (χ4n) is 1.95. The summed E-state index contributed by atoms with van der Waals surface area (Å²) in [6, 6.07) is 0. The van der Waals surface area contributed by atoms with Gasteiger partial charge in [0.05, 0.1) is 19.1 Å². The molecule has 0 aliphatic heterocycles. The van der Waals surface area contributed by atoms with Crippen LogP contribution in [0.4, 0.5) is 0 Å². The van der Waals surface area contributed by atoms with Crippen LogP contribution in [0.3, 0.4) is 0 Å². The third kappa shape index (κ3) is 4.34. The van der Waals surface area contributed by atoms with Crippen LogP contribution in [0.1, 0.15) is 25.7 Å². The van der Waals surface area contributed by atoms with Gasteiger partial charge >= 0.3 is 5.97 Å². The second-order valence-corrected chi connectivity index (χ2v) is 4.60. The third-order valence-corrected chi connectivity index (χ3v) is 3.15. The second-order valence-electron chi connectivity index (χ2n) is 4.60. The fraction of sp³-hybridized carbons (Fsp3) is 0.833. The molecule has 17 heavy (non-hydrogen) atoms. The summed E-state index contributed by atoms with van der Waals surface area (Å²) in [7, 11) is 4.83. The zero-order chi connectivity index (χ0) is 12.8. The molecule has 0 spiro atoms. The highest BCUT2D eigenvalue weighted by atomic mass is 16.5. The predicted octanol–water partition coefficient (Wildman–Crippen LogP) is 0.823. The fourth-order valence-corrected chi connectivity index (χ4v) is 1.95. The molecule has 1 fully saturated rings. The summed E-state index contributed by atoms with van der Waals surface area (Å²) in [5.41, 5.74) is 0. The van der Waals surface area contributed by atoms with Gasteiger partial charge in [0.2, 0.25) is 5.91 Å². The third-order valence-electron chi connectivity index (χ3n) is 3.15. The maximum atomic E-state index is 11.3. The number of carbonyl (C=O) groups is 2. The standard InChI is InChI=1S/C12H21NO4/c1-13(2)11(14)8-17-10-6-4-9(5-7-10)12(15)16-3/h9-10H,4-8H2,1-3H3. The van der Waals surface area contributed by atoms with E-state index in [1.165, 1.54) is 12.0 Å². The number of ether oxygens (including phenoxy) is 2. The van der Waals surface area contributed by atoms with Crippen LogP contribution in [-0.2, 0) is 19.1 Å². The van der Waals surface area contributed by atoms with Crippen LogP contribution in [0.5, 0.6) is 0 Å². The maximum Gasteiger partial charge on any atom is 0.308 e. The van der Waals surface area contributed by atoms with E-state index in [0.29, 0.717) is 0 Å². The van der Waals surface area contributed by atoms with Gasteiger partial charge in [-0.15, -0.1) is 0 Å². The lowest BCUT2D eigenvalue weighted by atomic mass is 9.87. The van der Waals surface area contributed by atoms with Crippen molar-refractivity contribution >= 4 is 11.9 Å². The van der Waals surface area contributed by atoms with Crippen molar-refractivity contribution in [3.63, 3.8) is 0 Å². The van der Waals surface area contributed by atoms with E-state index >= 15 is 0 Å². The van der Waals surface area contributed by atoms with Crippen LogP contribution in [0.15, 0.2) is 0 Å². The molecule has 0 atom stereocenters. The van der Waals surface area contributed by atoms with Crippen LogP contribution >= 0.6 is 0 Å². The lowest BCUT2D eigenvalue weighted by molar-refractivity contribution is -0.148. The Morgan fingerprint density at radius 1 is 1.18 bits per heavy atom. The topological polar surface area (TPSA) is 55.8 Å². The number of amides is 1.